The Balaban J connectivity index is 2.22. The van der Waals surface area contributed by atoms with Crippen LogP contribution in [0.4, 0.5) is 0 Å². The largest absolute Gasteiger partial charge is 0.294 e. The molecule has 0 aliphatic rings. The van der Waals surface area contributed by atoms with E-state index in [0.717, 1.165) is 21.2 Å². The van der Waals surface area contributed by atoms with Crippen molar-refractivity contribution in [3.8, 4) is 0 Å². The van der Waals surface area contributed by atoms with Crippen LogP contribution < -0.4 is 0 Å². The van der Waals surface area contributed by atoms with Crippen LogP contribution in [0, 0.1) is 13.8 Å². The van der Waals surface area contributed by atoms with Gasteiger partial charge in [-0.3, -0.25) is 9.11 Å². The predicted molar refractivity (Wildman–Crippen MR) is 131 cm³/mol. The number of aryl methyl sites for hydroxylation is 2. The van der Waals surface area contributed by atoms with Gasteiger partial charge in [0.05, 0.1) is 9.79 Å². The molecule has 0 saturated carbocycles. The van der Waals surface area contributed by atoms with E-state index in [2.05, 4.69) is 15.9 Å². The standard InChI is InChI=1S/C24H25BrO6S2/c1-16-4-10-22(32(26,27)28)18(12-16)14-24(3,20-6-8-21(25)9-7-20)15-19-13-17(2)5-11-23(19)33(29,30)31/h4-13H,14-15H2,1-3H3,(H,26,27,28)(H,29,30,31). The lowest BCUT2D eigenvalue weighted by Gasteiger charge is -2.32. The summed E-state index contributed by atoms with van der Waals surface area (Å²) in [4.78, 5) is -0.369. The Kier molecular flexibility index (Phi) is 7.21. The fourth-order valence-electron chi connectivity index (χ4n) is 4.16. The van der Waals surface area contributed by atoms with Crippen LogP contribution in [0.1, 0.15) is 34.7 Å². The molecule has 0 saturated heterocycles. The Morgan fingerprint density at radius 1 is 0.727 bits per heavy atom. The molecule has 3 aromatic carbocycles. The summed E-state index contributed by atoms with van der Waals surface area (Å²) in [5.74, 6) is 0. The van der Waals surface area contributed by atoms with Crippen LogP contribution in [0.5, 0.6) is 0 Å². The molecule has 0 spiro atoms. The fourth-order valence-corrected chi connectivity index (χ4v) is 5.82. The van der Waals surface area contributed by atoms with Crippen molar-refractivity contribution in [3.05, 3.63) is 93.0 Å². The summed E-state index contributed by atoms with van der Waals surface area (Å²) >= 11 is 3.42. The van der Waals surface area contributed by atoms with Crippen LogP contribution in [0.3, 0.4) is 0 Å². The van der Waals surface area contributed by atoms with Crippen molar-refractivity contribution in [2.24, 2.45) is 0 Å². The zero-order valence-corrected chi connectivity index (χ0v) is 21.6. The monoisotopic (exact) mass is 552 g/mol. The summed E-state index contributed by atoms with van der Waals surface area (Å²) in [6.07, 6.45) is 0.397. The first kappa shape index (κ1) is 25.6. The minimum absolute atomic E-state index is 0.185. The molecule has 0 aliphatic heterocycles. The summed E-state index contributed by atoms with van der Waals surface area (Å²) in [5, 5.41) is 0. The van der Waals surface area contributed by atoms with Crippen molar-refractivity contribution in [3.63, 3.8) is 0 Å². The summed E-state index contributed by atoms with van der Waals surface area (Å²) < 4.78 is 68.7. The molecule has 176 valence electrons. The lowest BCUT2D eigenvalue weighted by molar-refractivity contribution is 0.448. The molecule has 0 amide bonds. The first-order valence-electron chi connectivity index (χ1n) is 10.1. The zero-order valence-electron chi connectivity index (χ0n) is 18.4. The highest BCUT2D eigenvalue weighted by Gasteiger charge is 2.32. The van der Waals surface area contributed by atoms with E-state index in [1.54, 1.807) is 24.3 Å². The molecule has 3 aromatic rings. The number of benzene rings is 3. The minimum Gasteiger partial charge on any atom is -0.282 e. The van der Waals surface area contributed by atoms with E-state index in [1.165, 1.54) is 12.1 Å². The third kappa shape index (κ3) is 6.10. The highest BCUT2D eigenvalue weighted by Crippen LogP contribution is 2.36. The summed E-state index contributed by atoms with van der Waals surface area (Å²) in [6.45, 7) is 5.55. The topological polar surface area (TPSA) is 109 Å². The van der Waals surface area contributed by atoms with Gasteiger partial charge < -0.3 is 0 Å². The van der Waals surface area contributed by atoms with Gasteiger partial charge in [0.15, 0.2) is 0 Å². The molecule has 0 atom stereocenters. The maximum Gasteiger partial charge on any atom is 0.294 e. The molecule has 3 rings (SSSR count). The lowest BCUT2D eigenvalue weighted by Crippen LogP contribution is -2.29. The van der Waals surface area contributed by atoms with Gasteiger partial charge in [-0.2, -0.15) is 16.8 Å². The van der Waals surface area contributed by atoms with Gasteiger partial charge in [-0.05, 0) is 67.6 Å². The van der Waals surface area contributed by atoms with Crippen LogP contribution in [-0.2, 0) is 38.5 Å². The molecule has 9 heteroatoms. The second-order valence-corrected chi connectivity index (χ2v) is 12.3. The summed E-state index contributed by atoms with van der Waals surface area (Å²) in [6, 6.07) is 16.9. The Hall–Kier alpha value is -2.04. The van der Waals surface area contributed by atoms with Gasteiger partial charge in [0, 0.05) is 9.89 Å². The SMILES string of the molecule is Cc1ccc(S(=O)(=O)O)c(CC(C)(Cc2cc(C)ccc2S(=O)(=O)O)c2ccc(Br)cc2)c1. The minimum atomic E-state index is -4.47. The van der Waals surface area contributed by atoms with E-state index in [9.17, 15) is 25.9 Å². The predicted octanol–water partition coefficient (Wildman–Crippen LogP) is 5.30. The molecular weight excluding hydrogens is 528 g/mol. The molecule has 33 heavy (non-hydrogen) atoms. The van der Waals surface area contributed by atoms with Crippen LogP contribution in [-0.4, -0.2) is 25.9 Å². The Labute approximate surface area is 203 Å². The van der Waals surface area contributed by atoms with Crippen LogP contribution in [0.25, 0.3) is 0 Å². The third-order valence-corrected chi connectivity index (χ3v) is 8.13. The first-order chi connectivity index (χ1) is 15.2. The maximum absolute atomic E-state index is 12.1. The molecule has 0 radical (unpaired) electrons. The average Bonchev–Trinajstić information content (AvgIpc) is 2.66. The van der Waals surface area contributed by atoms with Crippen LogP contribution in [0.15, 0.2) is 74.9 Å². The molecule has 0 heterocycles. The first-order valence-corrected chi connectivity index (χ1v) is 13.8. The van der Waals surface area contributed by atoms with Gasteiger partial charge >= 0.3 is 0 Å². The molecule has 6 nitrogen and oxygen atoms in total. The highest BCUT2D eigenvalue weighted by molar-refractivity contribution is 9.10. The normalized spacial score (nSPS) is 12.7. The fraction of sp³-hybridized carbons (Fsp3) is 0.250. The molecular formula is C24H25BrO6S2. The van der Waals surface area contributed by atoms with Crippen molar-refractivity contribution in [2.45, 2.75) is 48.8 Å². The van der Waals surface area contributed by atoms with E-state index >= 15 is 0 Å². The number of hydrogen-bond acceptors (Lipinski definition) is 4. The van der Waals surface area contributed by atoms with Crippen LogP contribution >= 0.6 is 15.9 Å². The molecule has 0 aromatic heterocycles. The Morgan fingerprint density at radius 2 is 1.12 bits per heavy atom. The maximum atomic E-state index is 12.1. The van der Waals surface area contributed by atoms with Gasteiger partial charge in [-0.1, -0.05) is 70.4 Å². The smallest absolute Gasteiger partial charge is 0.282 e. The lowest BCUT2D eigenvalue weighted by atomic mass is 9.73. The van der Waals surface area contributed by atoms with Crippen molar-refractivity contribution >= 4 is 36.2 Å². The van der Waals surface area contributed by atoms with Gasteiger partial charge in [0.2, 0.25) is 0 Å². The molecule has 0 fully saturated rings. The van der Waals surface area contributed by atoms with Crippen molar-refractivity contribution in [2.75, 3.05) is 0 Å². The van der Waals surface area contributed by atoms with E-state index in [-0.39, 0.29) is 22.6 Å². The van der Waals surface area contributed by atoms with Crippen molar-refractivity contribution < 1.29 is 25.9 Å². The number of halogens is 1. The molecule has 2 N–H and O–H groups in total. The molecule has 0 bridgehead atoms. The van der Waals surface area contributed by atoms with E-state index in [0.29, 0.717) is 11.1 Å². The average molecular weight is 553 g/mol. The van der Waals surface area contributed by atoms with Crippen molar-refractivity contribution in [1.29, 1.82) is 0 Å². The molecule has 0 aliphatic carbocycles. The van der Waals surface area contributed by atoms with Crippen LogP contribution in [0.2, 0.25) is 0 Å². The zero-order chi connectivity index (χ0) is 24.6. The Morgan fingerprint density at radius 3 is 1.48 bits per heavy atom. The van der Waals surface area contributed by atoms with Gasteiger partial charge in [-0.25, -0.2) is 0 Å². The second kappa shape index (κ2) is 9.31. The van der Waals surface area contributed by atoms with E-state index < -0.39 is 25.7 Å². The summed E-state index contributed by atoms with van der Waals surface area (Å²) in [5.41, 5.74) is 2.56. The third-order valence-electron chi connectivity index (χ3n) is 5.69. The highest BCUT2D eigenvalue weighted by atomic mass is 79.9. The van der Waals surface area contributed by atoms with Gasteiger partial charge in [0.25, 0.3) is 20.2 Å². The van der Waals surface area contributed by atoms with Gasteiger partial charge in [0.1, 0.15) is 0 Å². The van der Waals surface area contributed by atoms with E-state index in [4.69, 9.17) is 0 Å². The van der Waals surface area contributed by atoms with Crippen molar-refractivity contribution in [1.82, 2.24) is 0 Å². The number of hydrogen-bond donors (Lipinski definition) is 2. The number of rotatable bonds is 7. The quantitative estimate of drug-likeness (QED) is 0.385. The molecule has 0 unspecified atom stereocenters. The Bertz CT molecular complexity index is 1310. The van der Waals surface area contributed by atoms with E-state index in [1.807, 2.05) is 45.0 Å². The summed E-state index contributed by atoms with van der Waals surface area (Å²) in [7, 11) is -8.93. The van der Waals surface area contributed by atoms with Gasteiger partial charge in [-0.15, -0.1) is 0 Å². The second-order valence-electron chi connectivity index (χ2n) is 8.59.